The van der Waals surface area contributed by atoms with Crippen LogP contribution in [-0.2, 0) is 0 Å². The summed E-state index contributed by atoms with van der Waals surface area (Å²) in [6.07, 6.45) is 0. The summed E-state index contributed by atoms with van der Waals surface area (Å²) in [5.41, 5.74) is 15.3. The Bertz CT molecular complexity index is 3830. The van der Waals surface area contributed by atoms with Crippen LogP contribution in [0.25, 0.3) is 122 Å². The summed E-state index contributed by atoms with van der Waals surface area (Å²) in [5.74, 6) is 0.672. The van der Waals surface area contributed by atoms with Crippen LogP contribution in [0.15, 0.2) is 223 Å². The SMILES string of the molecule is c1ccc(-c2cc(-c3cccc4c3oc3c(-c5ccc6c(c5)c5cc7c8ccccc8n(-c8ccccc8)c7cc5n6-c5ccccc5)cccc34)nc(-c3ccccc3)n2)cc1. The average molecular weight is 805 g/mol. The first kappa shape index (κ1) is 35.2. The van der Waals surface area contributed by atoms with Gasteiger partial charge in [0.1, 0.15) is 11.2 Å². The number of furan rings is 1. The van der Waals surface area contributed by atoms with Gasteiger partial charge in [0.2, 0.25) is 0 Å². The number of nitrogens with zero attached hydrogens (tertiary/aromatic N) is 4. The van der Waals surface area contributed by atoms with E-state index in [0.29, 0.717) is 5.82 Å². The van der Waals surface area contributed by atoms with E-state index in [1.54, 1.807) is 0 Å². The lowest BCUT2D eigenvalue weighted by atomic mass is 9.99. The van der Waals surface area contributed by atoms with Gasteiger partial charge in [0, 0.05) is 65.9 Å². The Morgan fingerprint density at radius 3 is 1.49 bits per heavy atom. The molecule has 5 heteroatoms. The number of benzene rings is 9. The van der Waals surface area contributed by atoms with E-state index in [1.165, 1.54) is 32.6 Å². The number of rotatable bonds is 6. The minimum atomic E-state index is 0.672. The van der Waals surface area contributed by atoms with Crippen molar-refractivity contribution in [3.05, 3.63) is 218 Å². The van der Waals surface area contributed by atoms with Gasteiger partial charge >= 0.3 is 0 Å². The molecule has 0 saturated heterocycles. The number of para-hydroxylation sites is 5. The Hall–Kier alpha value is -8.54. The Balaban J connectivity index is 1.03. The molecule has 0 spiro atoms. The maximum atomic E-state index is 7.07. The van der Waals surface area contributed by atoms with Crippen LogP contribution in [0.2, 0.25) is 0 Å². The highest BCUT2D eigenvalue weighted by Gasteiger charge is 2.22. The van der Waals surface area contributed by atoms with E-state index in [-0.39, 0.29) is 0 Å². The first-order chi connectivity index (χ1) is 31.2. The summed E-state index contributed by atoms with van der Waals surface area (Å²) in [6.45, 7) is 0. The van der Waals surface area contributed by atoms with Crippen molar-refractivity contribution in [1.29, 1.82) is 0 Å². The highest BCUT2D eigenvalue weighted by molar-refractivity contribution is 6.20. The lowest BCUT2D eigenvalue weighted by Gasteiger charge is -2.10. The summed E-state index contributed by atoms with van der Waals surface area (Å²) >= 11 is 0. The molecule has 0 aliphatic rings. The van der Waals surface area contributed by atoms with Gasteiger partial charge in [-0.2, -0.15) is 0 Å². The number of hydrogen-bond acceptors (Lipinski definition) is 3. The number of fused-ring (bicyclic) bond motifs is 9. The predicted molar refractivity (Wildman–Crippen MR) is 260 cm³/mol. The van der Waals surface area contributed by atoms with E-state index in [4.69, 9.17) is 14.4 Å². The van der Waals surface area contributed by atoms with Crippen molar-refractivity contribution in [3.8, 4) is 56.4 Å². The van der Waals surface area contributed by atoms with Crippen LogP contribution in [0.1, 0.15) is 0 Å². The molecule has 0 aliphatic heterocycles. The van der Waals surface area contributed by atoms with Crippen molar-refractivity contribution in [1.82, 2.24) is 19.1 Å². The van der Waals surface area contributed by atoms with Crippen molar-refractivity contribution in [2.75, 3.05) is 0 Å². The second-order valence-corrected chi connectivity index (χ2v) is 16.1. The normalized spacial score (nSPS) is 11.8. The van der Waals surface area contributed by atoms with Crippen LogP contribution in [0.4, 0.5) is 0 Å². The lowest BCUT2D eigenvalue weighted by Crippen LogP contribution is -1.96. The van der Waals surface area contributed by atoms with Crippen molar-refractivity contribution in [2.45, 2.75) is 0 Å². The van der Waals surface area contributed by atoms with Crippen molar-refractivity contribution in [3.63, 3.8) is 0 Å². The largest absolute Gasteiger partial charge is 0.455 e. The fourth-order valence-electron chi connectivity index (χ4n) is 9.67. The molecule has 0 fully saturated rings. The maximum absolute atomic E-state index is 7.07. The monoisotopic (exact) mass is 804 g/mol. The second-order valence-electron chi connectivity index (χ2n) is 16.1. The zero-order valence-corrected chi connectivity index (χ0v) is 34.0. The molecule has 4 aromatic heterocycles. The topological polar surface area (TPSA) is 48.8 Å². The molecule has 0 unspecified atom stereocenters. The molecule has 0 saturated carbocycles. The first-order valence-corrected chi connectivity index (χ1v) is 21.3. The zero-order valence-electron chi connectivity index (χ0n) is 34.0. The fourth-order valence-corrected chi connectivity index (χ4v) is 9.67. The highest BCUT2D eigenvalue weighted by atomic mass is 16.3. The third-order valence-corrected chi connectivity index (χ3v) is 12.5. The van der Waals surface area contributed by atoms with Crippen LogP contribution in [0, 0.1) is 0 Å². The van der Waals surface area contributed by atoms with Gasteiger partial charge in [-0.15, -0.1) is 0 Å². The Morgan fingerprint density at radius 1 is 0.302 bits per heavy atom. The van der Waals surface area contributed by atoms with Gasteiger partial charge in [0.05, 0.1) is 33.5 Å². The van der Waals surface area contributed by atoms with E-state index in [1.807, 2.05) is 36.4 Å². The van der Waals surface area contributed by atoms with Crippen LogP contribution in [0.3, 0.4) is 0 Å². The van der Waals surface area contributed by atoms with Gasteiger partial charge in [-0.25, -0.2) is 9.97 Å². The first-order valence-electron chi connectivity index (χ1n) is 21.3. The van der Waals surface area contributed by atoms with Gasteiger partial charge < -0.3 is 13.6 Å². The second kappa shape index (κ2) is 14.0. The Morgan fingerprint density at radius 2 is 0.810 bits per heavy atom. The minimum absolute atomic E-state index is 0.672. The smallest absolute Gasteiger partial charge is 0.160 e. The fraction of sp³-hybridized carbons (Fsp3) is 0. The lowest BCUT2D eigenvalue weighted by molar-refractivity contribution is 0.671. The summed E-state index contributed by atoms with van der Waals surface area (Å²) in [6, 6.07) is 77.2. The third-order valence-electron chi connectivity index (χ3n) is 12.5. The molecule has 0 radical (unpaired) electrons. The molecule has 5 nitrogen and oxygen atoms in total. The van der Waals surface area contributed by atoms with E-state index in [2.05, 4.69) is 191 Å². The molecule has 9 aromatic carbocycles. The summed E-state index contributed by atoms with van der Waals surface area (Å²) in [5, 5.41) is 6.94. The molecule has 0 amide bonds. The molecule has 0 aliphatic carbocycles. The summed E-state index contributed by atoms with van der Waals surface area (Å²) < 4.78 is 11.9. The van der Waals surface area contributed by atoms with Crippen LogP contribution >= 0.6 is 0 Å². The van der Waals surface area contributed by atoms with E-state index < -0.39 is 0 Å². The molecule has 63 heavy (non-hydrogen) atoms. The molecule has 0 bridgehead atoms. The van der Waals surface area contributed by atoms with Crippen molar-refractivity contribution < 1.29 is 4.42 Å². The molecule has 13 rings (SSSR count). The predicted octanol–water partition coefficient (Wildman–Crippen LogP) is 15.2. The molecule has 0 atom stereocenters. The number of hydrogen-bond donors (Lipinski definition) is 0. The molecule has 4 heterocycles. The van der Waals surface area contributed by atoms with Crippen LogP contribution in [0.5, 0.6) is 0 Å². The highest BCUT2D eigenvalue weighted by Crippen LogP contribution is 2.44. The summed E-state index contributed by atoms with van der Waals surface area (Å²) in [7, 11) is 0. The summed E-state index contributed by atoms with van der Waals surface area (Å²) in [4.78, 5) is 10.2. The van der Waals surface area contributed by atoms with E-state index in [0.717, 1.165) is 83.6 Å². The molecule has 294 valence electrons. The third kappa shape index (κ3) is 5.57. The quantitative estimate of drug-likeness (QED) is 0.168. The Labute approximate surface area is 362 Å². The molecular formula is C58H36N4O. The molecular weight excluding hydrogens is 769 g/mol. The average Bonchev–Trinajstić information content (AvgIpc) is 4.01. The standard InChI is InChI=1S/C58H36N4O/c1-5-17-37(18-6-1)50-35-51(60-58(59-50)38-19-7-2-8-20-38)46-29-16-28-45-44-27-15-26-42(56(44)63-57(45)46)39-31-32-53-47(33-39)49-34-48-43-25-13-14-30-52(43)61(40-21-9-3-10-22-40)54(48)36-55(49)62(53)41-23-11-4-12-24-41/h1-36H. The molecule has 0 N–H and O–H groups in total. The maximum Gasteiger partial charge on any atom is 0.160 e. The van der Waals surface area contributed by atoms with Crippen LogP contribution in [-0.4, -0.2) is 19.1 Å². The minimum Gasteiger partial charge on any atom is -0.455 e. The van der Waals surface area contributed by atoms with Crippen molar-refractivity contribution in [2.24, 2.45) is 0 Å². The van der Waals surface area contributed by atoms with Gasteiger partial charge in [0.25, 0.3) is 0 Å². The van der Waals surface area contributed by atoms with E-state index in [9.17, 15) is 0 Å². The molecule has 13 aromatic rings. The Kier molecular flexibility index (Phi) is 7.84. The van der Waals surface area contributed by atoms with Gasteiger partial charge in [-0.3, -0.25) is 0 Å². The van der Waals surface area contributed by atoms with Gasteiger partial charge in [-0.05, 0) is 72.3 Å². The van der Waals surface area contributed by atoms with Crippen molar-refractivity contribution >= 4 is 65.6 Å². The zero-order chi connectivity index (χ0) is 41.4. The number of aromatic nitrogens is 4. The van der Waals surface area contributed by atoms with Gasteiger partial charge in [-0.1, -0.05) is 152 Å². The van der Waals surface area contributed by atoms with E-state index >= 15 is 0 Å². The van der Waals surface area contributed by atoms with Gasteiger partial charge in [0.15, 0.2) is 5.82 Å². The van der Waals surface area contributed by atoms with Crippen LogP contribution < -0.4 is 0 Å².